The molecule has 0 aliphatic rings. The molecule has 0 unspecified atom stereocenters. The maximum absolute atomic E-state index is 5.10. The van der Waals surface area contributed by atoms with Gasteiger partial charge in [-0.05, 0) is 0 Å². The Morgan fingerprint density at radius 3 is 1.50 bits per heavy atom. The van der Waals surface area contributed by atoms with Crippen molar-refractivity contribution in [2.75, 3.05) is 0 Å². The van der Waals surface area contributed by atoms with E-state index in [0.29, 0.717) is 0 Å². The van der Waals surface area contributed by atoms with Crippen LogP contribution in [0.1, 0.15) is 0 Å². The molecule has 0 aliphatic carbocycles. The number of halogens is 2. The van der Waals surface area contributed by atoms with Crippen LogP contribution in [0.3, 0.4) is 0 Å². The molecule has 0 bridgehead atoms. The van der Waals surface area contributed by atoms with Crippen molar-refractivity contribution in [3.05, 3.63) is 0 Å². The molecule has 3 heteroatoms. The molecule has 0 aromatic rings. The van der Waals surface area contributed by atoms with Crippen molar-refractivity contribution in [1.29, 1.82) is 0 Å². The molecule has 0 spiro atoms. The van der Waals surface area contributed by atoms with Crippen molar-refractivity contribution in [3.63, 3.8) is 0 Å². The zero-order valence-electron chi connectivity index (χ0n) is 1.91. The molecule has 0 aromatic carbocycles. The third-order valence-corrected chi connectivity index (χ3v) is 0. The van der Waals surface area contributed by atoms with Crippen LogP contribution < -0.4 is 0 Å². The van der Waals surface area contributed by atoms with Crippen LogP contribution in [0, 0.1) is 0 Å². The van der Waals surface area contributed by atoms with Crippen LogP contribution in [-0.2, 0) is 0 Å². The predicted octanol–water partition coefficient (Wildman–Crippen LogP) is 0.648. The molecule has 0 saturated carbocycles. The van der Waals surface area contributed by atoms with Crippen LogP contribution in [0.25, 0.3) is 0 Å². The number of hydrogen-bond acceptors (Lipinski definition) is 0. The summed E-state index contributed by atoms with van der Waals surface area (Å²) in [4.78, 5) is 0. The van der Waals surface area contributed by atoms with E-state index in [0.717, 1.165) is 22.5 Å². The first-order chi connectivity index (χ1) is 1.73. The Labute approximate surface area is 48.6 Å². The van der Waals surface area contributed by atoms with Gasteiger partial charge in [-0.1, -0.05) is 0 Å². The van der Waals surface area contributed by atoms with Crippen molar-refractivity contribution in [2.45, 2.75) is 2.85 Å². The minimum absolute atomic E-state index is 0.0922. The molecular weight excluding hydrogens is 202 g/mol. The molecule has 0 aliphatic heterocycles. The van der Waals surface area contributed by atoms with Crippen LogP contribution in [0.15, 0.2) is 0 Å². The van der Waals surface area contributed by atoms with E-state index in [1.54, 1.807) is 0 Å². The van der Waals surface area contributed by atoms with Crippen LogP contribution in [0.4, 0.5) is 0 Å². The summed E-state index contributed by atoms with van der Waals surface area (Å²) in [6, 6.07) is 0. The molecule has 0 saturated heterocycles. The van der Waals surface area contributed by atoms with Gasteiger partial charge in [0, 0.05) is 0 Å². The second-order valence-electron chi connectivity index (χ2n) is 0.334. The van der Waals surface area contributed by atoms with Gasteiger partial charge >= 0.3 is 48.6 Å². The van der Waals surface area contributed by atoms with Gasteiger partial charge in [0.15, 0.2) is 0 Å². The van der Waals surface area contributed by atoms with Crippen LogP contribution in [-0.4, -0.2) is 25.4 Å². The van der Waals surface area contributed by atoms with Crippen LogP contribution in [0.5, 0.6) is 0 Å². The van der Waals surface area contributed by atoms with E-state index in [2.05, 4.69) is 0 Å². The standard InChI is InChI=1S/CHCl2.Sn.H/c2-1-3;;/h1H;;. The number of rotatable bonds is 0. The molecule has 4 heavy (non-hydrogen) atoms. The van der Waals surface area contributed by atoms with Crippen LogP contribution in [0.2, 0.25) is 0 Å². The number of alkyl halides is 2. The summed E-state index contributed by atoms with van der Waals surface area (Å²) in [5.74, 6) is 0. The van der Waals surface area contributed by atoms with Gasteiger partial charge in [0.2, 0.25) is 0 Å². The van der Waals surface area contributed by atoms with E-state index >= 15 is 0 Å². The minimum atomic E-state index is -0.0922. The summed E-state index contributed by atoms with van der Waals surface area (Å²) in [5, 5.41) is 0. The Morgan fingerprint density at radius 2 is 1.50 bits per heavy atom. The Bertz CT molecular complexity index is 10.8. The Hall–Kier alpha value is 1.38. The third-order valence-electron chi connectivity index (χ3n) is 0. The van der Waals surface area contributed by atoms with Gasteiger partial charge in [-0.15, -0.1) is 0 Å². The van der Waals surface area contributed by atoms with E-state index < -0.39 is 0 Å². The van der Waals surface area contributed by atoms with E-state index in [4.69, 9.17) is 23.2 Å². The topological polar surface area (TPSA) is 0 Å². The average molecular weight is 204 g/mol. The van der Waals surface area contributed by atoms with Gasteiger partial charge in [0.1, 0.15) is 0 Å². The first-order valence-electron chi connectivity index (χ1n) is 0.770. The van der Waals surface area contributed by atoms with Crippen molar-refractivity contribution < 1.29 is 0 Å². The van der Waals surface area contributed by atoms with Gasteiger partial charge in [0.05, 0.1) is 0 Å². The summed E-state index contributed by atoms with van der Waals surface area (Å²) in [5.41, 5.74) is 0. The van der Waals surface area contributed by atoms with Crippen molar-refractivity contribution in [1.82, 2.24) is 0 Å². The fourth-order valence-electron chi connectivity index (χ4n) is 0. The molecule has 0 fully saturated rings. The Balaban J connectivity index is 2.32. The SMILES string of the molecule is Cl[CH](Cl)[SnH]. The molecule has 0 nitrogen and oxygen atoms in total. The van der Waals surface area contributed by atoms with Gasteiger partial charge in [-0.3, -0.25) is 0 Å². The molecule has 0 heterocycles. The summed E-state index contributed by atoms with van der Waals surface area (Å²) >= 11 is 11.1. The fraction of sp³-hybridized carbons (Fsp3) is 1.00. The summed E-state index contributed by atoms with van der Waals surface area (Å²) in [6.07, 6.45) is 0. The zero-order valence-corrected chi connectivity index (χ0v) is 6.72. The van der Waals surface area contributed by atoms with Gasteiger partial charge in [0.25, 0.3) is 0 Å². The molecule has 0 N–H and O–H groups in total. The van der Waals surface area contributed by atoms with Gasteiger partial charge in [-0.25, -0.2) is 0 Å². The summed E-state index contributed by atoms with van der Waals surface area (Å²) < 4.78 is -0.0922. The Kier molecular flexibility index (Phi) is 3.51. The molecule has 0 rings (SSSR count). The average Bonchev–Trinajstić information content (AvgIpc) is 0.811. The van der Waals surface area contributed by atoms with Gasteiger partial charge < -0.3 is 0 Å². The molecule has 24 valence electrons. The summed E-state index contributed by atoms with van der Waals surface area (Å²) in [6.45, 7) is 0. The quantitative estimate of drug-likeness (QED) is 0.401. The van der Waals surface area contributed by atoms with Crippen molar-refractivity contribution >= 4 is 45.7 Å². The van der Waals surface area contributed by atoms with Crippen LogP contribution >= 0.6 is 23.2 Å². The molecular formula is CH2Cl2Sn. The third kappa shape index (κ3) is 10.1. The number of hydrogen-bond donors (Lipinski definition) is 0. The molecule has 0 aromatic heterocycles. The maximum atomic E-state index is 5.10. The monoisotopic (exact) mass is 204 g/mol. The molecule has 0 atom stereocenters. The molecule has 0 amide bonds. The molecule has 2 radical (unpaired) electrons. The Morgan fingerprint density at radius 1 is 1.50 bits per heavy atom. The predicted molar refractivity (Wildman–Crippen MR) is 22.6 cm³/mol. The first kappa shape index (κ1) is 5.38. The van der Waals surface area contributed by atoms with E-state index in [1.165, 1.54) is 0 Å². The van der Waals surface area contributed by atoms with Crippen molar-refractivity contribution in [3.8, 4) is 0 Å². The van der Waals surface area contributed by atoms with Crippen molar-refractivity contribution in [2.24, 2.45) is 0 Å². The fourth-order valence-corrected chi connectivity index (χ4v) is 0. The van der Waals surface area contributed by atoms with Gasteiger partial charge in [-0.2, -0.15) is 0 Å². The second-order valence-corrected chi connectivity index (χ2v) is 5.81. The zero-order chi connectivity index (χ0) is 3.58. The van der Waals surface area contributed by atoms with E-state index in [-0.39, 0.29) is 2.85 Å². The van der Waals surface area contributed by atoms with E-state index in [1.807, 2.05) is 0 Å². The first-order valence-corrected chi connectivity index (χ1v) is 3.55. The normalized spacial score (nSPS) is 9.00. The van der Waals surface area contributed by atoms with E-state index in [9.17, 15) is 0 Å². The summed E-state index contributed by atoms with van der Waals surface area (Å²) in [7, 11) is 0. The second kappa shape index (κ2) is 2.61.